The van der Waals surface area contributed by atoms with Crippen molar-refractivity contribution < 1.29 is 4.79 Å². The molecule has 0 saturated heterocycles. The van der Waals surface area contributed by atoms with Gasteiger partial charge >= 0.3 is 0 Å². The lowest BCUT2D eigenvalue weighted by molar-refractivity contribution is -0.121. The highest BCUT2D eigenvalue weighted by molar-refractivity contribution is 5.94. The first-order valence-corrected chi connectivity index (χ1v) is 7.15. The third-order valence-electron chi connectivity index (χ3n) is 4.42. The molecule has 2 aliphatic rings. The maximum atomic E-state index is 12.8. The van der Waals surface area contributed by atoms with Gasteiger partial charge in [-0.1, -0.05) is 24.3 Å². The Morgan fingerprint density at radius 1 is 1.15 bits per heavy atom. The molecular weight excluding hydrogens is 248 g/mol. The van der Waals surface area contributed by atoms with Crippen LogP contribution in [0, 0.1) is 0 Å². The predicted molar refractivity (Wildman–Crippen MR) is 77.9 cm³/mol. The molecule has 1 aromatic heterocycles. The topological polar surface area (TPSA) is 42.0 Å². The number of Topliss-reactive ketones (excluding diaryl/α,β-unsaturated/α-hetero) is 1. The smallest absolute Gasteiger partial charge is 0.164 e. The van der Waals surface area contributed by atoms with Crippen LogP contribution in [-0.4, -0.2) is 16.8 Å². The molecule has 4 rings (SSSR count). The van der Waals surface area contributed by atoms with E-state index in [4.69, 9.17) is 0 Å². The van der Waals surface area contributed by atoms with Crippen LogP contribution in [0.2, 0.25) is 0 Å². The normalized spacial score (nSPS) is 23.0. The van der Waals surface area contributed by atoms with E-state index in [2.05, 4.69) is 22.4 Å². The number of benzene rings is 1. The molecule has 0 spiro atoms. The van der Waals surface area contributed by atoms with Gasteiger partial charge in [-0.2, -0.15) is 0 Å². The highest BCUT2D eigenvalue weighted by Crippen LogP contribution is 2.35. The Balaban J connectivity index is 1.59. The summed E-state index contributed by atoms with van der Waals surface area (Å²) in [5, 5.41) is 3.36. The molecule has 2 heterocycles. The zero-order chi connectivity index (χ0) is 13.5. The van der Waals surface area contributed by atoms with Gasteiger partial charge in [0.15, 0.2) is 5.78 Å². The lowest BCUT2D eigenvalue weighted by atomic mass is 9.94. The van der Waals surface area contributed by atoms with Gasteiger partial charge in [-0.3, -0.25) is 9.78 Å². The van der Waals surface area contributed by atoms with E-state index >= 15 is 0 Å². The number of hydrogen-bond acceptors (Lipinski definition) is 3. The second-order valence-corrected chi connectivity index (χ2v) is 5.60. The number of carbonyl (C=O) groups excluding carboxylic acids is 1. The number of anilines is 1. The summed E-state index contributed by atoms with van der Waals surface area (Å²) in [5.74, 6) is 0.261. The zero-order valence-corrected chi connectivity index (χ0v) is 11.2. The first-order valence-electron chi connectivity index (χ1n) is 7.15. The van der Waals surface area contributed by atoms with Crippen molar-refractivity contribution >= 4 is 11.5 Å². The Labute approximate surface area is 118 Å². The van der Waals surface area contributed by atoms with E-state index in [9.17, 15) is 4.79 Å². The van der Waals surface area contributed by atoms with Gasteiger partial charge in [0.2, 0.25) is 0 Å². The number of nitrogens with zero attached hydrogens (tertiary/aromatic N) is 1. The van der Waals surface area contributed by atoms with Crippen molar-refractivity contribution in [1.29, 1.82) is 0 Å². The standard InChI is InChI=1S/C17H16N2O/c20-17(13-8-7-11-5-3-9-18-16(11)13)15-10-12-4-1-2-6-14(12)19-15/h1-6,9,13,15,19H,7-8,10H2. The fourth-order valence-corrected chi connectivity index (χ4v) is 3.40. The molecule has 2 unspecified atom stereocenters. The summed E-state index contributed by atoms with van der Waals surface area (Å²) < 4.78 is 0. The van der Waals surface area contributed by atoms with Gasteiger partial charge in [-0.25, -0.2) is 0 Å². The third-order valence-corrected chi connectivity index (χ3v) is 4.42. The minimum absolute atomic E-state index is 0.0296. The Hall–Kier alpha value is -2.16. The highest BCUT2D eigenvalue weighted by Gasteiger charge is 2.36. The number of aromatic nitrogens is 1. The van der Waals surface area contributed by atoms with Crippen LogP contribution >= 0.6 is 0 Å². The molecule has 0 bridgehead atoms. The minimum atomic E-state index is -0.0923. The van der Waals surface area contributed by atoms with Crippen molar-refractivity contribution in [1.82, 2.24) is 4.98 Å². The number of nitrogens with one attached hydrogen (secondary N) is 1. The lowest BCUT2D eigenvalue weighted by Gasteiger charge is -2.15. The average Bonchev–Trinajstić information content (AvgIpc) is 3.10. The van der Waals surface area contributed by atoms with Gasteiger partial charge in [0.1, 0.15) is 0 Å². The summed E-state index contributed by atoms with van der Waals surface area (Å²) in [7, 11) is 0. The molecule has 2 atom stereocenters. The van der Waals surface area contributed by atoms with E-state index in [-0.39, 0.29) is 12.0 Å². The quantitative estimate of drug-likeness (QED) is 0.906. The maximum absolute atomic E-state index is 12.8. The summed E-state index contributed by atoms with van der Waals surface area (Å²) >= 11 is 0. The van der Waals surface area contributed by atoms with E-state index in [0.29, 0.717) is 5.78 Å². The predicted octanol–water partition coefficient (Wildman–Crippen LogP) is 2.72. The van der Waals surface area contributed by atoms with E-state index in [1.165, 1.54) is 11.1 Å². The molecule has 1 aromatic carbocycles. The van der Waals surface area contributed by atoms with Crippen LogP contribution in [0.4, 0.5) is 5.69 Å². The molecule has 100 valence electrons. The van der Waals surface area contributed by atoms with E-state index < -0.39 is 0 Å². The SMILES string of the molecule is O=C(C1Cc2ccccc2N1)C1CCc2cccnc21. The Kier molecular flexibility index (Phi) is 2.59. The second-order valence-electron chi connectivity index (χ2n) is 5.60. The highest BCUT2D eigenvalue weighted by atomic mass is 16.1. The van der Waals surface area contributed by atoms with Crippen LogP contribution in [-0.2, 0) is 17.6 Å². The molecule has 1 aliphatic carbocycles. The van der Waals surface area contributed by atoms with Crippen molar-refractivity contribution in [2.24, 2.45) is 0 Å². The summed E-state index contributed by atoms with van der Waals surface area (Å²) in [4.78, 5) is 17.2. The van der Waals surface area contributed by atoms with Gasteiger partial charge in [-0.15, -0.1) is 0 Å². The molecule has 0 fully saturated rings. The number of aryl methyl sites for hydroxylation is 1. The van der Waals surface area contributed by atoms with Crippen LogP contribution < -0.4 is 5.32 Å². The molecule has 1 N–H and O–H groups in total. The fourth-order valence-electron chi connectivity index (χ4n) is 3.40. The first-order chi connectivity index (χ1) is 9.83. The molecule has 3 heteroatoms. The molecule has 0 radical (unpaired) electrons. The van der Waals surface area contributed by atoms with E-state index in [0.717, 1.165) is 30.6 Å². The lowest BCUT2D eigenvalue weighted by Crippen LogP contribution is -2.31. The van der Waals surface area contributed by atoms with Crippen LogP contribution in [0.5, 0.6) is 0 Å². The molecule has 3 nitrogen and oxygen atoms in total. The summed E-state index contributed by atoms with van der Waals surface area (Å²) in [5.41, 5.74) is 4.58. The maximum Gasteiger partial charge on any atom is 0.164 e. The summed E-state index contributed by atoms with van der Waals surface area (Å²) in [6.45, 7) is 0. The minimum Gasteiger partial charge on any atom is -0.375 e. The van der Waals surface area contributed by atoms with Crippen molar-refractivity contribution in [2.45, 2.75) is 31.2 Å². The van der Waals surface area contributed by atoms with Crippen LogP contribution in [0.1, 0.15) is 29.2 Å². The van der Waals surface area contributed by atoms with E-state index in [1.807, 2.05) is 24.3 Å². The number of rotatable bonds is 2. The second kappa shape index (κ2) is 4.44. The van der Waals surface area contributed by atoms with Gasteiger partial charge in [-0.05, 0) is 36.1 Å². The molecule has 2 aromatic rings. The average molecular weight is 264 g/mol. The van der Waals surface area contributed by atoms with Crippen LogP contribution in [0.15, 0.2) is 42.6 Å². The molecule has 20 heavy (non-hydrogen) atoms. The monoisotopic (exact) mass is 264 g/mol. The zero-order valence-electron chi connectivity index (χ0n) is 11.2. The van der Waals surface area contributed by atoms with Crippen LogP contribution in [0.25, 0.3) is 0 Å². The summed E-state index contributed by atoms with van der Waals surface area (Å²) in [6.07, 6.45) is 4.47. The van der Waals surface area contributed by atoms with Gasteiger partial charge in [0, 0.05) is 18.3 Å². The Morgan fingerprint density at radius 2 is 2.00 bits per heavy atom. The van der Waals surface area contributed by atoms with Gasteiger partial charge in [0.25, 0.3) is 0 Å². The molecule has 1 aliphatic heterocycles. The van der Waals surface area contributed by atoms with Crippen molar-refractivity contribution in [3.63, 3.8) is 0 Å². The summed E-state index contributed by atoms with van der Waals surface area (Å²) in [6, 6.07) is 12.1. The van der Waals surface area contributed by atoms with Crippen molar-refractivity contribution in [3.05, 3.63) is 59.4 Å². The van der Waals surface area contributed by atoms with Gasteiger partial charge < -0.3 is 5.32 Å². The molecule has 0 amide bonds. The number of pyridine rings is 1. The number of hydrogen-bond donors (Lipinski definition) is 1. The number of para-hydroxylation sites is 1. The Morgan fingerprint density at radius 3 is 2.90 bits per heavy atom. The number of carbonyl (C=O) groups is 1. The van der Waals surface area contributed by atoms with Gasteiger partial charge in [0.05, 0.1) is 17.7 Å². The number of ketones is 1. The van der Waals surface area contributed by atoms with Crippen LogP contribution in [0.3, 0.4) is 0 Å². The van der Waals surface area contributed by atoms with Crippen molar-refractivity contribution in [2.75, 3.05) is 5.32 Å². The first kappa shape index (κ1) is 11.6. The number of fused-ring (bicyclic) bond motifs is 2. The van der Waals surface area contributed by atoms with E-state index in [1.54, 1.807) is 6.20 Å². The largest absolute Gasteiger partial charge is 0.375 e. The fraction of sp³-hybridized carbons (Fsp3) is 0.294. The molecule has 0 saturated carbocycles. The molecular formula is C17H16N2O. The Bertz CT molecular complexity index is 655. The third kappa shape index (κ3) is 1.73. The van der Waals surface area contributed by atoms with Crippen molar-refractivity contribution in [3.8, 4) is 0 Å².